The number of nitro groups is 2. The molecule has 0 bridgehead atoms. The van der Waals surface area contributed by atoms with Crippen molar-refractivity contribution >= 4 is 45.5 Å². The van der Waals surface area contributed by atoms with Crippen molar-refractivity contribution in [1.82, 2.24) is 9.80 Å². The number of hydrogen-bond acceptors (Lipinski definition) is 11. The summed E-state index contributed by atoms with van der Waals surface area (Å²) in [7, 11) is 7.67. The second-order valence-corrected chi connectivity index (χ2v) is 8.79. The first-order valence-corrected chi connectivity index (χ1v) is 12.2. The highest BCUT2D eigenvalue weighted by Crippen LogP contribution is 2.29. The first kappa shape index (κ1) is 36.5. The number of ether oxygens (including phenoxy) is 2. The number of carbonyl (C=O) groups excluding carboxylic acids is 2. The summed E-state index contributed by atoms with van der Waals surface area (Å²) < 4.78 is 10.9. The zero-order chi connectivity index (χ0) is 31.5. The minimum absolute atomic E-state index is 0.0301. The molecule has 2 aromatic carbocycles. The quantitative estimate of drug-likeness (QED) is 0.113. The molecule has 3 N–H and O–H groups in total. The van der Waals surface area contributed by atoms with Gasteiger partial charge in [0, 0.05) is 37.4 Å². The van der Waals surface area contributed by atoms with E-state index in [-0.39, 0.29) is 22.7 Å². The summed E-state index contributed by atoms with van der Waals surface area (Å²) in [6.45, 7) is 8.76. The normalized spacial score (nSPS) is 9.83. The van der Waals surface area contributed by atoms with Crippen LogP contribution in [0.1, 0.15) is 0 Å². The summed E-state index contributed by atoms with van der Waals surface area (Å²) in [5, 5.41) is 23.2. The Labute approximate surface area is 243 Å². The van der Waals surface area contributed by atoms with Crippen LogP contribution in [0.5, 0.6) is 11.5 Å². The van der Waals surface area contributed by atoms with E-state index in [0.717, 1.165) is 18.7 Å². The van der Waals surface area contributed by atoms with E-state index in [1.54, 1.807) is 0 Å². The number of hydrogen-bond donors (Lipinski definition) is 2. The molecule has 2 rings (SSSR count). The van der Waals surface area contributed by atoms with Crippen LogP contribution in [0.3, 0.4) is 0 Å². The van der Waals surface area contributed by atoms with Crippen LogP contribution in [0, 0.1) is 20.2 Å². The molecule has 0 fully saturated rings. The Morgan fingerprint density at radius 3 is 1.73 bits per heavy atom. The van der Waals surface area contributed by atoms with E-state index in [2.05, 4.69) is 18.5 Å². The number of nitro benzene ring substituents is 2. The molecule has 0 spiro atoms. The summed E-state index contributed by atoms with van der Waals surface area (Å²) in [5.41, 5.74) is 6.02. The molecule has 0 aliphatic rings. The standard InChI is InChI=1S/C13H17N3O4.C10H15N3O3.C3H3ClO/c1-4-13(17)14-11-9-10(16(18)19)5-6-12(11)20-8-7-15(2)3;1-12(2)5-6-16-10-4-3-8(13(14)15)7-9(10)11;1-2-3(4)5/h4-6,9H,1,7-8H2,2-3H3,(H,14,17);3-4,7H,5-6,11H2,1-2H3;2H,1H2. The predicted octanol–water partition coefficient (Wildman–Crippen LogP) is 3.71. The Kier molecular flexibility index (Phi) is 17.4. The highest BCUT2D eigenvalue weighted by atomic mass is 35.5. The number of non-ortho nitro benzene ring substituents is 2. The molecule has 0 saturated heterocycles. The van der Waals surface area contributed by atoms with Crippen LogP contribution in [0.2, 0.25) is 0 Å². The highest BCUT2D eigenvalue weighted by molar-refractivity contribution is 6.66. The SMILES string of the molecule is C=CC(=O)Cl.C=CC(=O)Nc1cc([N+](=O)[O-])ccc1OCCN(C)C.CN(C)CCOc1ccc([N+](=O)[O-])cc1N. The minimum atomic E-state index is -0.535. The average molecular weight is 595 g/mol. The molecule has 0 atom stereocenters. The van der Waals surface area contributed by atoms with Gasteiger partial charge in [0.25, 0.3) is 11.4 Å². The Balaban J connectivity index is 0.000000681. The number of amides is 1. The number of carbonyl (C=O) groups is 2. The van der Waals surface area contributed by atoms with E-state index in [9.17, 15) is 29.8 Å². The lowest BCUT2D eigenvalue weighted by atomic mass is 10.2. The number of nitrogen functional groups attached to an aromatic ring is 1. The van der Waals surface area contributed by atoms with E-state index in [1.165, 1.54) is 36.4 Å². The monoisotopic (exact) mass is 594 g/mol. The molecule has 0 aliphatic heterocycles. The van der Waals surface area contributed by atoms with Gasteiger partial charge in [0.05, 0.1) is 21.2 Å². The number of anilines is 2. The van der Waals surface area contributed by atoms with Gasteiger partial charge in [0.15, 0.2) is 0 Å². The molecule has 2 aromatic rings. The number of rotatable bonds is 13. The van der Waals surface area contributed by atoms with Crippen molar-refractivity contribution in [2.45, 2.75) is 0 Å². The Bertz CT molecular complexity index is 1210. The molecular formula is C26H35ClN6O8. The zero-order valence-electron chi connectivity index (χ0n) is 23.4. The van der Waals surface area contributed by atoms with E-state index in [1.807, 2.05) is 38.0 Å². The number of nitrogens with two attached hydrogens (primary N) is 1. The number of benzene rings is 2. The topological polar surface area (TPSA) is 183 Å². The maximum atomic E-state index is 11.3. The van der Waals surface area contributed by atoms with Crippen molar-refractivity contribution in [1.29, 1.82) is 0 Å². The first-order chi connectivity index (χ1) is 19.2. The smallest absolute Gasteiger partial charge is 0.271 e. The summed E-state index contributed by atoms with van der Waals surface area (Å²) >= 11 is 4.71. The van der Waals surface area contributed by atoms with Gasteiger partial charge in [-0.3, -0.25) is 29.8 Å². The molecule has 0 unspecified atom stereocenters. The van der Waals surface area contributed by atoms with E-state index in [0.29, 0.717) is 31.3 Å². The lowest BCUT2D eigenvalue weighted by Gasteiger charge is -2.14. The van der Waals surface area contributed by atoms with Crippen molar-refractivity contribution in [3.05, 3.63) is 81.9 Å². The Morgan fingerprint density at radius 1 is 0.902 bits per heavy atom. The maximum Gasteiger partial charge on any atom is 0.271 e. The molecule has 0 radical (unpaired) electrons. The van der Waals surface area contributed by atoms with Gasteiger partial charge in [-0.2, -0.15) is 0 Å². The predicted molar refractivity (Wildman–Crippen MR) is 159 cm³/mol. The van der Waals surface area contributed by atoms with Crippen LogP contribution in [-0.2, 0) is 9.59 Å². The average Bonchev–Trinajstić information content (AvgIpc) is 2.90. The molecule has 0 aliphatic carbocycles. The third-order valence-corrected chi connectivity index (χ3v) is 4.73. The van der Waals surface area contributed by atoms with Crippen LogP contribution < -0.4 is 20.5 Å². The van der Waals surface area contributed by atoms with Crippen molar-refractivity contribution in [2.24, 2.45) is 0 Å². The second-order valence-electron chi connectivity index (χ2n) is 8.42. The van der Waals surface area contributed by atoms with Crippen LogP contribution in [-0.4, -0.2) is 85.3 Å². The zero-order valence-corrected chi connectivity index (χ0v) is 24.1. The largest absolute Gasteiger partial charge is 0.490 e. The third-order valence-electron chi connectivity index (χ3n) is 4.57. The van der Waals surface area contributed by atoms with E-state index >= 15 is 0 Å². The summed E-state index contributed by atoms with van der Waals surface area (Å²) in [4.78, 5) is 44.9. The third kappa shape index (κ3) is 16.2. The van der Waals surface area contributed by atoms with Crippen LogP contribution >= 0.6 is 11.6 Å². The van der Waals surface area contributed by atoms with E-state index < -0.39 is 21.0 Å². The summed E-state index contributed by atoms with van der Waals surface area (Å²) in [6.07, 6.45) is 2.13. The number of allylic oxidation sites excluding steroid dienone is 1. The van der Waals surface area contributed by atoms with Crippen LogP contribution in [0.15, 0.2) is 61.7 Å². The van der Waals surface area contributed by atoms with Gasteiger partial charge in [0.1, 0.15) is 24.7 Å². The van der Waals surface area contributed by atoms with Crippen LogP contribution in [0.4, 0.5) is 22.7 Å². The highest BCUT2D eigenvalue weighted by Gasteiger charge is 2.13. The molecule has 0 saturated carbocycles. The van der Waals surface area contributed by atoms with Crippen LogP contribution in [0.25, 0.3) is 0 Å². The van der Waals surface area contributed by atoms with Gasteiger partial charge in [0.2, 0.25) is 11.1 Å². The maximum absolute atomic E-state index is 11.3. The molecule has 41 heavy (non-hydrogen) atoms. The number of likely N-dealkylation sites (N-methyl/N-ethyl adjacent to an activating group) is 2. The second kappa shape index (κ2) is 19.5. The lowest BCUT2D eigenvalue weighted by Crippen LogP contribution is -2.20. The lowest BCUT2D eigenvalue weighted by molar-refractivity contribution is -0.385. The molecular weight excluding hydrogens is 560 g/mol. The van der Waals surface area contributed by atoms with Gasteiger partial charge in [-0.1, -0.05) is 13.2 Å². The minimum Gasteiger partial charge on any atom is -0.490 e. The first-order valence-electron chi connectivity index (χ1n) is 11.8. The van der Waals surface area contributed by atoms with Gasteiger partial charge in [-0.15, -0.1) is 0 Å². The molecule has 15 heteroatoms. The van der Waals surface area contributed by atoms with Gasteiger partial charge >= 0.3 is 0 Å². The van der Waals surface area contributed by atoms with Gasteiger partial charge in [-0.05, 0) is 64.1 Å². The number of halogens is 1. The Hall–Kier alpha value is -4.53. The Morgan fingerprint density at radius 2 is 1.34 bits per heavy atom. The molecule has 0 aromatic heterocycles. The summed E-state index contributed by atoms with van der Waals surface area (Å²) in [6, 6.07) is 8.24. The molecule has 14 nitrogen and oxygen atoms in total. The number of nitrogens with one attached hydrogen (secondary N) is 1. The van der Waals surface area contributed by atoms with Crippen molar-refractivity contribution in [3.63, 3.8) is 0 Å². The fourth-order valence-electron chi connectivity index (χ4n) is 2.50. The fraction of sp³-hybridized carbons (Fsp3) is 0.308. The molecule has 0 heterocycles. The van der Waals surface area contributed by atoms with Crippen molar-refractivity contribution in [2.75, 3.05) is 65.5 Å². The summed E-state index contributed by atoms with van der Waals surface area (Å²) in [5.74, 6) is 0.406. The number of nitrogens with zero attached hydrogens (tertiary/aromatic N) is 4. The van der Waals surface area contributed by atoms with Crippen molar-refractivity contribution < 1.29 is 28.9 Å². The van der Waals surface area contributed by atoms with E-state index in [4.69, 9.17) is 26.8 Å². The molecule has 224 valence electrons. The van der Waals surface area contributed by atoms with Gasteiger partial charge in [-0.25, -0.2) is 0 Å². The van der Waals surface area contributed by atoms with Gasteiger partial charge < -0.3 is 30.3 Å². The fourth-order valence-corrected chi connectivity index (χ4v) is 2.50. The van der Waals surface area contributed by atoms with Crippen molar-refractivity contribution in [3.8, 4) is 11.5 Å². The molecule has 1 amide bonds.